The molecule has 25 heavy (non-hydrogen) atoms. The zero-order chi connectivity index (χ0) is 17.6. The lowest BCUT2D eigenvalue weighted by atomic mass is 10.1. The van der Waals surface area contributed by atoms with E-state index in [1.165, 1.54) is 4.90 Å². The number of hydrogen-bond acceptors (Lipinski definition) is 5. The molecule has 2 aliphatic heterocycles. The standard InChI is InChI=1S/C19H18N4O2/c1-12-8-9-15(10-13(12)2)23-18(24)16-17(19(23)25)22(21-20-16)11-14-6-4-3-5-7-14/h3-10,16-17H,11H2,1-2H3/t16-,17-/m1/s1. The monoisotopic (exact) mass is 334 g/mol. The third kappa shape index (κ3) is 2.50. The molecule has 1 fully saturated rings. The fourth-order valence-electron chi connectivity index (χ4n) is 3.24. The Hall–Kier alpha value is -3.02. The molecule has 2 amide bonds. The number of carbonyl (C=O) groups is 2. The van der Waals surface area contributed by atoms with Gasteiger partial charge in [-0.2, -0.15) is 5.11 Å². The molecule has 0 radical (unpaired) electrons. The first kappa shape index (κ1) is 15.5. The molecule has 4 rings (SSSR count). The maximum Gasteiger partial charge on any atom is 0.263 e. The van der Waals surface area contributed by atoms with Gasteiger partial charge in [0, 0.05) is 0 Å². The molecule has 2 aliphatic rings. The maximum absolute atomic E-state index is 12.9. The summed E-state index contributed by atoms with van der Waals surface area (Å²) in [6, 6.07) is 13.9. The largest absolute Gasteiger partial charge is 0.271 e. The predicted octanol–water partition coefficient (Wildman–Crippen LogP) is 2.80. The van der Waals surface area contributed by atoms with Gasteiger partial charge in [-0.05, 0) is 42.7 Å². The molecule has 0 saturated carbocycles. The summed E-state index contributed by atoms with van der Waals surface area (Å²) in [6.07, 6.45) is 0. The van der Waals surface area contributed by atoms with Crippen molar-refractivity contribution >= 4 is 17.5 Å². The molecule has 2 aromatic rings. The van der Waals surface area contributed by atoms with Crippen molar-refractivity contribution in [2.45, 2.75) is 32.5 Å². The van der Waals surface area contributed by atoms with Crippen molar-refractivity contribution in [1.82, 2.24) is 5.01 Å². The normalized spacial score (nSPS) is 22.0. The molecular formula is C19H18N4O2. The van der Waals surface area contributed by atoms with Crippen LogP contribution in [-0.2, 0) is 16.1 Å². The van der Waals surface area contributed by atoms with Crippen molar-refractivity contribution in [2.75, 3.05) is 4.90 Å². The van der Waals surface area contributed by atoms with Gasteiger partial charge in [0.2, 0.25) is 0 Å². The zero-order valence-corrected chi connectivity index (χ0v) is 14.1. The van der Waals surface area contributed by atoms with Crippen LogP contribution in [0.4, 0.5) is 5.69 Å². The van der Waals surface area contributed by atoms with Crippen molar-refractivity contribution in [3.63, 3.8) is 0 Å². The number of rotatable bonds is 3. The van der Waals surface area contributed by atoms with Crippen molar-refractivity contribution < 1.29 is 9.59 Å². The highest BCUT2D eigenvalue weighted by molar-refractivity contribution is 6.25. The molecule has 2 atom stereocenters. The highest BCUT2D eigenvalue weighted by atomic mass is 16.2. The molecule has 0 aliphatic carbocycles. The Morgan fingerprint density at radius 1 is 0.960 bits per heavy atom. The van der Waals surface area contributed by atoms with Gasteiger partial charge in [-0.1, -0.05) is 41.6 Å². The van der Waals surface area contributed by atoms with Crippen LogP contribution < -0.4 is 4.90 Å². The third-order valence-electron chi connectivity index (χ3n) is 4.79. The second-order valence-electron chi connectivity index (χ2n) is 6.46. The molecule has 6 nitrogen and oxygen atoms in total. The molecule has 0 unspecified atom stereocenters. The average molecular weight is 334 g/mol. The second-order valence-corrected chi connectivity index (χ2v) is 6.46. The third-order valence-corrected chi connectivity index (χ3v) is 4.79. The highest BCUT2D eigenvalue weighted by Gasteiger charge is 2.54. The van der Waals surface area contributed by atoms with Crippen LogP contribution in [0.2, 0.25) is 0 Å². The fourth-order valence-corrected chi connectivity index (χ4v) is 3.24. The highest BCUT2D eigenvalue weighted by Crippen LogP contribution is 2.33. The van der Waals surface area contributed by atoms with Gasteiger partial charge in [0.15, 0.2) is 12.1 Å². The Morgan fingerprint density at radius 2 is 1.72 bits per heavy atom. The smallest absolute Gasteiger partial charge is 0.263 e. The van der Waals surface area contributed by atoms with Gasteiger partial charge in [0.25, 0.3) is 11.8 Å². The van der Waals surface area contributed by atoms with E-state index in [0.29, 0.717) is 12.2 Å². The van der Waals surface area contributed by atoms with E-state index in [1.807, 2.05) is 56.3 Å². The number of aryl methyl sites for hydroxylation is 2. The molecule has 0 spiro atoms. The molecule has 6 heteroatoms. The summed E-state index contributed by atoms with van der Waals surface area (Å²) in [5, 5.41) is 9.74. The van der Waals surface area contributed by atoms with Gasteiger partial charge in [-0.15, -0.1) is 0 Å². The first-order chi connectivity index (χ1) is 12.1. The van der Waals surface area contributed by atoms with Crippen LogP contribution in [0.15, 0.2) is 58.9 Å². The summed E-state index contributed by atoms with van der Waals surface area (Å²) in [4.78, 5) is 26.9. The zero-order valence-electron chi connectivity index (χ0n) is 14.1. The topological polar surface area (TPSA) is 65.3 Å². The number of anilines is 1. The van der Waals surface area contributed by atoms with Crippen molar-refractivity contribution in [2.24, 2.45) is 10.3 Å². The van der Waals surface area contributed by atoms with Crippen LogP contribution in [0.1, 0.15) is 16.7 Å². The molecule has 2 heterocycles. The average Bonchev–Trinajstić information content (AvgIpc) is 3.12. The second kappa shape index (κ2) is 5.81. The SMILES string of the molecule is Cc1ccc(N2C(=O)[C@@H]3N=NN(Cc4ccccc4)[C@H]3C2=O)cc1C. The van der Waals surface area contributed by atoms with E-state index in [0.717, 1.165) is 16.7 Å². The molecule has 0 aromatic heterocycles. The first-order valence-corrected chi connectivity index (χ1v) is 8.22. The van der Waals surface area contributed by atoms with Gasteiger partial charge < -0.3 is 0 Å². The van der Waals surface area contributed by atoms with Crippen LogP contribution in [0.5, 0.6) is 0 Å². The van der Waals surface area contributed by atoms with Crippen molar-refractivity contribution in [3.05, 3.63) is 65.2 Å². The number of hydrogen-bond donors (Lipinski definition) is 0. The molecule has 2 aromatic carbocycles. The predicted molar refractivity (Wildman–Crippen MR) is 92.8 cm³/mol. The van der Waals surface area contributed by atoms with Crippen molar-refractivity contribution in [1.29, 1.82) is 0 Å². The van der Waals surface area contributed by atoms with Gasteiger partial charge in [0.05, 0.1) is 12.2 Å². The van der Waals surface area contributed by atoms with E-state index >= 15 is 0 Å². The van der Waals surface area contributed by atoms with Crippen LogP contribution in [0, 0.1) is 13.8 Å². The number of carbonyl (C=O) groups excluding carboxylic acids is 2. The minimum atomic E-state index is -0.752. The van der Waals surface area contributed by atoms with E-state index in [9.17, 15) is 9.59 Å². The van der Waals surface area contributed by atoms with E-state index in [2.05, 4.69) is 10.3 Å². The van der Waals surface area contributed by atoms with Crippen LogP contribution >= 0.6 is 0 Å². The minimum absolute atomic E-state index is 0.265. The van der Waals surface area contributed by atoms with Gasteiger partial charge in [-0.25, -0.2) is 4.90 Å². The summed E-state index contributed by atoms with van der Waals surface area (Å²) in [7, 11) is 0. The minimum Gasteiger partial charge on any atom is -0.271 e. The quantitative estimate of drug-likeness (QED) is 0.811. The van der Waals surface area contributed by atoms with Crippen LogP contribution in [-0.4, -0.2) is 28.9 Å². The lowest BCUT2D eigenvalue weighted by Gasteiger charge is -2.21. The summed E-state index contributed by atoms with van der Waals surface area (Å²) in [6.45, 7) is 4.41. The van der Waals surface area contributed by atoms with Crippen molar-refractivity contribution in [3.8, 4) is 0 Å². The first-order valence-electron chi connectivity index (χ1n) is 8.22. The Labute approximate surface area is 145 Å². The maximum atomic E-state index is 12.9. The number of benzene rings is 2. The summed E-state index contributed by atoms with van der Waals surface area (Å²) < 4.78 is 0. The summed E-state index contributed by atoms with van der Waals surface area (Å²) >= 11 is 0. The molecule has 0 N–H and O–H groups in total. The summed E-state index contributed by atoms with van der Waals surface area (Å²) in [5.74, 6) is -0.572. The van der Waals surface area contributed by atoms with Crippen LogP contribution in [0.25, 0.3) is 0 Å². The lowest BCUT2D eigenvalue weighted by Crippen LogP contribution is -2.39. The number of nitrogens with zero attached hydrogens (tertiary/aromatic N) is 4. The molecular weight excluding hydrogens is 316 g/mol. The molecule has 1 saturated heterocycles. The van der Waals surface area contributed by atoms with E-state index in [1.54, 1.807) is 11.1 Å². The Balaban J connectivity index is 1.62. The van der Waals surface area contributed by atoms with E-state index in [-0.39, 0.29) is 11.8 Å². The van der Waals surface area contributed by atoms with E-state index < -0.39 is 12.1 Å². The molecule has 126 valence electrons. The Bertz CT molecular complexity index is 878. The van der Waals surface area contributed by atoms with Gasteiger partial charge in [-0.3, -0.25) is 14.6 Å². The summed E-state index contributed by atoms with van der Waals surface area (Å²) in [5.41, 5.74) is 3.78. The Morgan fingerprint density at radius 3 is 2.44 bits per heavy atom. The number of amides is 2. The van der Waals surface area contributed by atoms with E-state index in [4.69, 9.17) is 0 Å². The number of fused-ring (bicyclic) bond motifs is 1. The number of imide groups is 1. The lowest BCUT2D eigenvalue weighted by molar-refractivity contribution is -0.123. The Kier molecular flexibility index (Phi) is 3.60. The van der Waals surface area contributed by atoms with Gasteiger partial charge in [0.1, 0.15) is 0 Å². The fraction of sp³-hybridized carbons (Fsp3) is 0.263. The van der Waals surface area contributed by atoms with Gasteiger partial charge >= 0.3 is 0 Å². The van der Waals surface area contributed by atoms with Crippen LogP contribution in [0.3, 0.4) is 0 Å². The molecule has 0 bridgehead atoms.